The summed E-state index contributed by atoms with van der Waals surface area (Å²) in [5, 5.41) is 4.50. The van der Waals surface area contributed by atoms with E-state index in [1.165, 1.54) is 11.6 Å². The summed E-state index contributed by atoms with van der Waals surface area (Å²) in [5.41, 5.74) is 3.92. The molecule has 5 nitrogen and oxygen atoms in total. The molecule has 30 heavy (non-hydrogen) atoms. The largest absolute Gasteiger partial charge is 0.489 e. The van der Waals surface area contributed by atoms with Crippen LogP contribution in [0.1, 0.15) is 16.9 Å². The summed E-state index contributed by atoms with van der Waals surface area (Å²) in [6, 6.07) is 19.2. The molecule has 4 aromatic rings. The normalized spacial score (nSPS) is 13.3. The first-order valence-corrected chi connectivity index (χ1v) is 9.93. The first kappa shape index (κ1) is 20.3. The van der Waals surface area contributed by atoms with E-state index >= 15 is 0 Å². The van der Waals surface area contributed by atoms with Crippen LogP contribution < -0.4 is 15.6 Å². The van der Waals surface area contributed by atoms with E-state index in [-0.39, 0.29) is 18.0 Å². The second kappa shape index (κ2) is 8.78. The number of nitrogens with zero attached hydrogens (tertiary/aromatic N) is 1. The van der Waals surface area contributed by atoms with Crippen molar-refractivity contribution in [3.63, 3.8) is 0 Å². The maximum atomic E-state index is 12.7. The molecule has 6 heteroatoms. The summed E-state index contributed by atoms with van der Waals surface area (Å²) in [7, 11) is 0. The number of fused-ring (bicyclic) bond motifs is 3. The van der Waals surface area contributed by atoms with Gasteiger partial charge in [-0.15, -0.1) is 12.4 Å². The van der Waals surface area contributed by atoms with Gasteiger partial charge in [-0.3, -0.25) is 9.36 Å². The summed E-state index contributed by atoms with van der Waals surface area (Å²) >= 11 is 0. The van der Waals surface area contributed by atoms with Crippen molar-refractivity contribution in [1.82, 2.24) is 9.88 Å². The molecule has 154 valence electrons. The molecule has 0 spiro atoms. The van der Waals surface area contributed by atoms with Crippen molar-refractivity contribution >= 4 is 23.4 Å². The van der Waals surface area contributed by atoms with Crippen molar-refractivity contribution < 1.29 is 9.15 Å². The van der Waals surface area contributed by atoms with Crippen LogP contribution in [0.4, 0.5) is 0 Å². The minimum Gasteiger partial charge on any atom is -0.489 e. The van der Waals surface area contributed by atoms with Gasteiger partial charge in [-0.05, 0) is 42.8 Å². The van der Waals surface area contributed by atoms with Gasteiger partial charge in [-0.25, -0.2) is 0 Å². The number of furan rings is 1. The van der Waals surface area contributed by atoms with Crippen LogP contribution in [0.25, 0.3) is 16.7 Å². The molecule has 0 radical (unpaired) electrons. The van der Waals surface area contributed by atoms with E-state index in [0.29, 0.717) is 12.4 Å². The second-order valence-electron chi connectivity index (χ2n) is 7.28. The van der Waals surface area contributed by atoms with Gasteiger partial charge in [0.2, 0.25) is 0 Å². The molecule has 0 fully saturated rings. The van der Waals surface area contributed by atoms with Crippen LogP contribution in [0, 0.1) is 0 Å². The van der Waals surface area contributed by atoms with Crippen LogP contribution in [-0.2, 0) is 19.4 Å². The highest BCUT2D eigenvalue weighted by Gasteiger charge is 2.17. The SMILES string of the molecule is Cl.O=c1cc(OCc2ccccc2)ccn1-c1ccc2oc3c(c2c1)CCNCC3. The second-order valence-corrected chi connectivity index (χ2v) is 7.28. The summed E-state index contributed by atoms with van der Waals surface area (Å²) in [5.74, 6) is 1.62. The van der Waals surface area contributed by atoms with Crippen molar-refractivity contribution in [2.24, 2.45) is 0 Å². The fourth-order valence-corrected chi connectivity index (χ4v) is 3.86. The maximum absolute atomic E-state index is 12.7. The van der Waals surface area contributed by atoms with Gasteiger partial charge in [-0.2, -0.15) is 0 Å². The standard InChI is InChI=1S/C24H22N2O3.ClH/c27-24-15-19(28-16-17-4-2-1-3-5-17)10-13-26(24)18-6-7-22-21(14-18)20-8-11-25-12-9-23(20)29-22;/h1-7,10,13-15,25H,8-9,11-12,16H2;1H. The lowest BCUT2D eigenvalue weighted by Crippen LogP contribution is -2.17. The van der Waals surface area contributed by atoms with Gasteiger partial charge in [0.1, 0.15) is 23.7 Å². The molecule has 0 unspecified atom stereocenters. The molecule has 2 aromatic carbocycles. The van der Waals surface area contributed by atoms with Crippen LogP contribution in [0.3, 0.4) is 0 Å². The molecule has 0 aliphatic carbocycles. The number of ether oxygens (including phenoxy) is 1. The molecule has 0 amide bonds. The molecule has 2 aromatic heterocycles. The van der Waals surface area contributed by atoms with Gasteiger partial charge in [0.05, 0.1) is 0 Å². The zero-order chi connectivity index (χ0) is 19.6. The first-order chi connectivity index (χ1) is 14.3. The Morgan fingerprint density at radius 3 is 2.67 bits per heavy atom. The predicted molar refractivity (Wildman–Crippen MR) is 120 cm³/mol. The Labute approximate surface area is 180 Å². The van der Waals surface area contributed by atoms with E-state index in [1.54, 1.807) is 10.8 Å². The Kier molecular flexibility index (Phi) is 5.93. The summed E-state index contributed by atoms with van der Waals surface area (Å²) in [4.78, 5) is 12.7. The van der Waals surface area contributed by atoms with E-state index in [1.807, 2.05) is 48.5 Å². The predicted octanol–water partition coefficient (Wildman–Crippen LogP) is 4.27. The quantitative estimate of drug-likeness (QED) is 0.533. The molecular formula is C24H23ClN2O3. The van der Waals surface area contributed by atoms with E-state index < -0.39 is 0 Å². The van der Waals surface area contributed by atoms with Crippen LogP contribution in [0.15, 0.2) is 76.1 Å². The Morgan fingerprint density at radius 2 is 1.83 bits per heavy atom. The first-order valence-electron chi connectivity index (χ1n) is 9.93. The third-order valence-electron chi connectivity index (χ3n) is 5.36. The number of nitrogens with one attached hydrogen (secondary N) is 1. The average molecular weight is 423 g/mol. The summed E-state index contributed by atoms with van der Waals surface area (Å²) in [6.07, 6.45) is 3.60. The molecule has 1 N–H and O–H groups in total. The Bertz CT molecular complexity index is 1210. The van der Waals surface area contributed by atoms with Crippen LogP contribution >= 0.6 is 12.4 Å². The average Bonchev–Trinajstić information content (AvgIpc) is 2.93. The van der Waals surface area contributed by atoms with E-state index in [9.17, 15) is 4.79 Å². The monoisotopic (exact) mass is 422 g/mol. The number of aromatic nitrogens is 1. The van der Waals surface area contributed by atoms with Gasteiger partial charge in [-0.1, -0.05) is 30.3 Å². The van der Waals surface area contributed by atoms with Crippen molar-refractivity contribution in [1.29, 1.82) is 0 Å². The fraction of sp³-hybridized carbons (Fsp3) is 0.208. The minimum atomic E-state index is -0.119. The highest BCUT2D eigenvalue weighted by atomic mass is 35.5. The molecule has 1 aliphatic heterocycles. The molecular weight excluding hydrogens is 400 g/mol. The van der Waals surface area contributed by atoms with Gasteiger partial charge in [0, 0.05) is 41.9 Å². The highest BCUT2D eigenvalue weighted by Crippen LogP contribution is 2.29. The molecule has 0 saturated carbocycles. The zero-order valence-electron chi connectivity index (χ0n) is 16.5. The van der Waals surface area contributed by atoms with Crippen LogP contribution in [0.5, 0.6) is 5.75 Å². The van der Waals surface area contributed by atoms with Crippen molar-refractivity contribution in [2.45, 2.75) is 19.4 Å². The third-order valence-corrected chi connectivity index (χ3v) is 5.36. The summed E-state index contributed by atoms with van der Waals surface area (Å²) in [6.45, 7) is 2.31. The number of pyridine rings is 1. The third kappa shape index (κ3) is 3.99. The van der Waals surface area contributed by atoms with E-state index in [4.69, 9.17) is 9.15 Å². The van der Waals surface area contributed by atoms with Gasteiger partial charge in [0.15, 0.2) is 0 Å². The Balaban J connectivity index is 0.00000218. The molecule has 0 saturated heterocycles. The smallest absolute Gasteiger partial charge is 0.258 e. The van der Waals surface area contributed by atoms with Gasteiger partial charge in [0.25, 0.3) is 5.56 Å². The lowest BCUT2D eigenvalue weighted by atomic mass is 10.1. The number of hydrogen-bond donors (Lipinski definition) is 1. The van der Waals surface area contributed by atoms with Crippen molar-refractivity contribution in [3.8, 4) is 11.4 Å². The number of rotatable bonds is 4. The van der Waals surface area contributed by atoms with E-state index in [2.05, 4.69) is 11.4 Å². The van der Waals surface area contributed by atoms with Crippen LogP contribution in [-0.4, -0.2) is 17.7 Å². The minimum absolute atomic E-state index is 0. The van der Waals surface area contributed by atoms with Gasteiger partial charge < -0.3 is 14.5 Å². The highest BCUT2D eigenvalue weighted by molar-refractivity contribution is 5.85. The molecule has 0 bridgehead atoms. The Hall–Kier alpha value is -3.02. The lowest BCUT2D eigenvalue weighted by Gasteiger charge is -2.09. The van der Waals surface area contributed by atoms with Crippen molar-refractivity contribution in [2.75, 3.05) is 13.1 Å². The molecule has 3 heterocycles. The topological polar surface area (TPSA) is 56.4 Å². The van der Waals surface area contributed by atoms with Crippen molar-refractivity contribution in [3.05, 3.63) is 94.1 Å². The number of halogens is 1. The Morgan fingerprint density at radius 1 is 1.00 bits per heavy atom. The summed E-state index contributed by atoms with van der Waals surface area (Å²) < 4.78 is 13.5. The van der Waals surface area contributed by atoms with Crippen LogP contribution in [0.2, 0.25) is 0 Å². The number of benzene rings is 2. The van der Waals surface area contributed by atoms with E-state index in [0.717, 1.165) is 53.9 Å². The van der Waals surface area contributed by atoms with Gasteiger partial charge >= 0.3 is 0 Å². The number of hydrogen-bond acceptors (Lipinski definition) is 4. The molecule has 5 rings (SSSR count). The maximum Gasteiger partial charge on any atom is 0.258 e. The lowest BCUT2D eigenvalue weighted by molar-refractivity contribution is 0.305. The molecule has 0 atom stereocenters. The zero-order valence-corrected chi connectivity index (χ0v) is 17.3. The fourth-order valence-electron chi connectivity index (χ4n) is 3.86. The molecule has 1 aliphatic rings.